The van der Waals surface area contributed by atoms with Crippen molar-refractivity contribution in [2.75, 3.05) is 5.32 Å². The van der Waals surface area contributed by atoms with E-state index >= 15 is 0 Å². The Morgan fingerprint density at radius 3 is 2.96 bits per heavy atom. The Labute approximate surface area is 159 Å². The van der Waals surface area contributed by atoms with Crippen LogP contribution in [0, 0.1) is 11.3 Å². The summed E-state index contributed by atoms with van der Waals surface area (Å²) in [5.41, 5.74) is 3.14. The maximum absolute atomic E-state index is 12.4. The fourth-order valence-corrected chi connectivity index (χ4v) is 4.69. The van der Waals surface area contributed by atoms with Crippen LogP contribution in [0.15, 0.2) is 29.1 Å². The van der Waals surface area contributed by atoms with Gasteiger partial charge in [0.15, 0.2) is 0 Å². The molecule has 3 aromatic rings. The van der Waals surface area contributed by atoms with Crippen LogP contribution in [0.5, 0.6) is 0 Å². The highest BCUT2D eigenvalue weighted by atomic mass is 32.1. The molecule has 0 unspecified atom stereocenters. The third-order valence-corrected chi connectivity index (χ3v) is 6.00. The van der Waals surface area contributed by atoms with E-state index in [0.717, 1.165) is 31.2 Å². The number of nitriles is 1. The van der Waals surface area contributed by atoms with Crippen LogP contribution in [0.2, 0.25) is 0 Å². The fourth-order valence-electron chi connectivity index (χ4n) is 3.43. The van der Waals surface area contributed by atoms with Crippen molar-refractivity contribution in [3.63, 3.8) is 0 Å². The van der Waals surface area contributed by atoms with E-state index in [4.69, 9.17) is 0 Å². The number of hydrogen-bond acceptors (Lipinski definition) is 5. The van der Waals surface area contributed by atoms with E-state index in [-0.39, 0.29) is 24.3 Å². The number of benzene rings is 1. The molecular weight excluding hydrogens is 360 g/mol. The number of anilines is 1. The number of amides is 1. The van der Waals surface area contributed by atoms with Gasteiger partial charge in [0.1, 0.15) is 16.8 Å². The molecule has 0 radical (unpaired) electrons. The Balaban J connectivity index is 1.48. The summed E-state index contributed by atoms with van der Waals surface area (Å²) in [5.74, 6) is -0.209. The van der Waals surface area contributed by atoms with Gasteiger partial charge in [-0.15, -0.1) is 11.3 Å². The number of thiophene rings is 1. The number of para-hydroxylation sites is 2. The molecule has 0 spiro atoms. The van der Waals surface area contributed by atoms with Gasteiger partial charge >= 0.3 is 0 Å². The molecule has 2 heterocycles. The van der Waals surface area contributed by atoms with E-state index in [1.807, 2.05) is 18.2 Å². The van der Waals surface area contributed by atoms with E-state index in [1.165, 1.54) is 16.2 Å². The zero-order valence-electron chi connectivity index (χ0n) is 14.7. The lowest BCUT2D eigenvalue weighted by Gasteiger charge is -2.09. The molecule has 0 saturated carbocycles. The second kappa shape index (κ2) is 7.33. The second-order valence-electron chi connectivity index (χ2n) is 6.60. The monoisotopic (exact) mass is 378 g/mol. The van der Waals surface area contributed by atoms with E-state index in [2.05, 4.69) is 21.4 Å². The summed E-state index contributed by atoms with van der Waals surface area (Å²) in [6.45, 7) is 0. The van der Waals surface area contributed by atoms with Crippen LogP contribution in [0.3, 0.4) is 0 Å². The molecule has 7 heteroatoms. The number of carbonyl (C=O) groups is 1. The molecule has 0 bridgehead atoms. The van der Waals surface area contributed by atoms with Crippen molar-refractivity contribution >= 4 is 33.3 Å². The van der Waals surface area contributed by atoms with E-state index < -0.39 is 0 Å². The average molecular weight is 378 g/mol. The van der Waals surface area contributed by atoms with Gasteiger partial charge in [0.2, 0.25) is 5.91 Å². The fraction of sp³-hybridized carbons (Fsp3) is 0.300. The minimum atomic E-state index is -0.272. The normalized spacial score (nSPS) is 13.1. The molecule has 27 heavy (non-hydrogen) atoms. The lowest BCUT2D eigenvalue weighted by atomic mass is 9.96. The highest BCUT2D eigenvalue weighted by Crippen LogP contribution is 2.37. The summed E-state index contributed by atoms with van der Waals surface area (Å²) in [4.78, 5) is 32.9. The predicted molar refractivity (Wildman–Crippen MR) is 105 cm³/mol. The summed E-state index contributed by atoms with van der Waals surface area (Å²) in [6, 6.07) is 9.55. The third kappa shape index (κ3) is 3.49. The van der Waals surface area contributed by atoms with Gasteiger partial charge in [-0.05, 0) is 43.4 Å². The Kier molecular flexibility index (Phi) is 4.73. The van der Waals surface area contributed by atoms with Crippen molar-refractivity contribution in [2.24, 2.45) is 0 Å². The molecule has 0 saturated heterocycles. The van der Waals surface area contributed by atoms with Gasteiger partial charge in [0, 0.05) is 17.7 Å². The first kappa shape index (κ1) is 17.4. The second-order valence-corrected chi connectivity index (χ2v) is 7.71. The Morgan fingerprint density at radius 2 is 2.11 bits per heavy atom. The average Bonchev–Trinajstić information content (AvgIpc) is 3.03. The third-order valence-electron chi connectivity index (χ3n) is 4.79. The van der Waals surface area contributed by atoms with Crippen LogP contribution in [0.4, 0.5) is 5.00 Å². The van der Waals surface area contributed by atoms with Crippen LogP contribution >= 0.6 is 11.3 Å². The molecule has 4 rings (SSSR count). The van der Waals surface area contributed by atoms with Crippen molar-refractivity contribution in [1.29, 1.82) is 5.26 Å². The SMILES string of the molecule is N#Cc1c(NC(=O)CCc2nc3ccccc3[nH]c2=O)sc2c1CCCC2. The number of hydrogen-bond donors (Lipinski definition) is 2. The van der Waals surface area contributed by atoms with Crippen molar-refractivity contribution in [2.45, 2.75) is 38.5 Å². The molecule has 6 nitrogen and oxygen atoms in total. The number of H-pyrrole nitrogens is 1. The van der Waals surface area contributed by atoms with Crippen molar-refractivity contribution in [3.05, 3.63) is 56.3 Å². The van der Waals surface area contributed by atoms with Gasteiger partial charge in [-0.25, -0.2) is 4.98 Å². The minimum Gasteiger partial charge on any atom is -0.319 e. The first-order valence-corrected chi connectivity index (χ1v) is 9.80. The Morgan fingerprint density at radius 1 is 1.30 bits per heavy atom. The van der Waals surface area contributed by atoms with E-state index in [0.29, 0.717) is 27.3 Å². The summed E-state index contributed by atoms with van der Waals surface area (Å²) in [7, 11) is 0. The van der Waals surface area contributed by atoms with E-state index in [9.17, 15) is 14.9 Å². The molecule has 2 aromatic heterocycles. The van der Waals surface area contributed by atoms with Crippen molar-refractivity contribution in [3.8, 4) is 6.07 Å². The number of aromatic amines is 1. The standard InChI is InChI=1S/C20H18N4O2S/c21-11-13-12-5-1-4-8-17(12)27-20(13)24-18(25)10-9-16-19(26)23-15-7-3-2-6-14(15)22-16/h2-3,6-7H,1,4-5,8-10H2,(H,23,26)(H,24,25). The maximum atomic E-state index is 12.4. The highest BCUT2D eigenvalue weighted by molar-refractivity contribution is 7.16. The Hall–Kier alpha value is -2.98. The first-order chi connectivity index (χ1) is 13.2. The van der Waals surface area contributed by atoms with Crippen LogP contribution in [-0.4, -0.2) is 15.9 Å². The predicted octanol–water partition coefficient (Wildman–Crippen LogP) is 3.31. The smallest absolute Gasteiger partial charge is 0.270 e. The van der Waals surface area contributed by atoms with Gasteiger partial charge in [-0.1, -0.05) is 12.1 Å². The number of carbonyl (C=O) groups excluding carboxylic acids is 1. The first-order valence-electron chi connectivity index (χ1n) is 8.98. The molecule has 1 aliphatic rings. The summed E-state index contributed by atoms with van der Waals surface area (Å²) in [5, 5.41) is 13.0. The van der Waals surface area contributed by atoms with Crippen LogP contribution in [-0.2, 0) is 24.1 Å². The van der Waals surface area contributed by atoms with Gasteiger partial charge < -0.3 is 10.3 Å². The maximum Gasteiger partial charge on any atom is 0.270 e. The lowest BCUT2D eigenvalue weighted by Crippen LogP contribution is -2.19. The summed E-state index contributed by atoms with van der Waals surface area (Å²) < 4.78 is 0. The quantitative estimate of drug-likeness (QED) is 0.727. The number of nitrogens with one attached hydrogen (secondary N) is 2. The number of fused-ring (bicyclic) bond motifs is 2. The topological polar surface area (TPSA) is 98.6 Å². The molecule has 1 aromatic carbocycles. The van der Waals surface area contributed by atoms with Gasteiger partial charge in [0.05, 0.1) is 16.6 Å². The number of nitrogens with zero attached hydrogens (tertiary/aromatic N) is 2. The molecule has 0 fully saturated rings. The molecule has 136 valence electrons. The van der Waals surface area contributed by atoms with Crippen molar-refractivity contribution < 1.29 is 4.79 Å². The van der Waals surface area contributed by atoms with E-state index in [1.54, 1.807) is 6.07 Å². The zero-order chi connectivity index (χ0) is 18.8. The van der Waals surface area contributed by atoms with Crippen LogP contribution < -0.4 is 10.9 Å². The molecular formula is C20H18N4O2S. The largest absolute Gasteiger partial charge is 0.319 e. The molecule has 2 N–H and O–H groups in total. The molecule has 0 atom stereocenters. The number of rotatable bonds is 4. The number of aromatic nitrogens is 2. The minimum absolute atomic E-state index is 0.141. The van der Waals surface area contributed by atoms with Gasteiger partial charge in [-0.2, -0.15) is 5.26 Å². The number of aryl methyl sites for hydroxylation is 2. The lowest BCUT2D eigenvalue weighted by molar-refractivity contribution is -0.116. The molecule has 1 amide bonds. The zero-order valence-corrected chi connectivity index (χ0v) is 15.5. The highest BCUT2D eigenvalue weighted by Gasteiger charge is 2.21. The van der Waals surface area contributed by atoms with Crippen LogP contribution in [0.1, 0.15) is 41.0 Å². The van der Waals surface area contributed by atoms with Gasteiger partial charge in [0.25, 0.3) is 5.56 Å². The van der Waals surface area contributed by atoms with Crippen molar-refractivity contribution in [1.82, 2.24) is 9.97 Å². The summed E-state index contributed by atoms with van der Waals surface area (Å²) >= 11 is 1.50. The van der Waals surface area contributed by atoms with Crippen LogP contribution in [0.25, 0.3) is 11.0 Å². The van der Waals surface area contributed by atoms with Gasteiger partial charge in [-0.3, -0.25) is 9.59 Å². The molecule has 0 aliphatic heterocycles. The summed E-state index contributed by atoms with van der Waals surface area (Å²) in [6.07, 6.45) is 4.48. The Bertz CT molecular complexity index is 1120. The molecule has 1 aliphatic carbocycles.